The van der Waals surface area contributed by atoms with Gasteiger partial charge in [0, 0.05) is 9.75 Å². The molecule has 1 aromatic heterocycles. The monoisotopic (exact) mass is 294 g/mol. The molecule has 2 atom stereocenters. The summed E-state index contributed by atoms with van der Waals surface area (Å²) in [6.07, 6.45) is -4.78. The molecule has 3 nitrogen and oxygen atoms in total. The third-order valence-electron chi connectivity index (χ3n) is 2.95. The van der Waals surface area contributed by atoms with Crippen molar-refractivity contribution < 1.29 is 18.0 Å². The summed E-state index contributed by atoms with van der Waals surface area (Å²) < 4.78 is 37.9. The van der Waals surface area contributed by atoms with Gasteiger partial charge in [-0.15, -0.1) is 11.3 Å². The van der Waals surface area contributed by atoms with Crippen LogP contribution in [0.1, 0.15) is 35.2 Å². The third-order valence-corrected chi connectivity index (χ3v) is 3.94. The number of alkyl halides is 3. The fourth-order valence-electron chi connectivity index (χ4n) is 1.63. The van der Waals surface area contributed by atoms with E-state index < -0.39 is 23.7 Å². The molecule has 0 saturated carbocycles. The highest BCUT2D eigenvalue weighted by atomic mass is 32.1. The number of carbonyl (C=O) groups is 1. The normalized spacial score (nSPS) is 16.8. The molecule has 108 valence electrons. The molecule has 0 aliphatic rings. The smallest absolute Gasteiger partial charge is 0.348 e. The van der Waals surface area contributed by atoms with Crippen molar-refractivity contribution >= 4 is 17.2 Å². The van der Waals surface area contributed by atoms with Crippen LogP contribution in [0, 0.1) is 13.8 Å². The Balaban J connectivity index is 2.86. The molecule has 0 aromatic carbocycles. The molecule has 0 aliphatic heterocycles. The molecule has 7 heteroatoms. The van der Waals surface area contributed by atoms with E-state index in [9.17, 15) is 18.0 Å². The van der Waals surface area contributed by atoms with Crippen molar-refractivity contribution in [3.63, 3.8) is 0 Å². The van der Waals surface area contributed by atoms with Gasteiger partial charge < -0.3 is 11.1 Å². The maximum Gasteiger partial charge on any atom is 0.415 e. The number of nitrogens with two attached hydrogens (primary N) is 1. The number of thiophene rings is 1. The van der Waals surface area contributed by atoms with Gasteiger partial charge in [0.2, 0.25) is 5.91 Å². The topological polar surface area (TPSA) is 55.1 Å². The molecular weight excluding hydrogens is 277 g/mol. The van der Waals surface area contributed by atoms with Gasteiger partial charge in [-0.25, -0.2) is 0 Å². The number of halogens is 3. The molecule has 1 amide bonds. The molecule has 0 fully saturated rings. The SMILES string of the molecule is Cc1cc(C(C)NC(=O)C(C)(N)C(F)(F)F)c(C)s1. The summed E-state index contributed by atoms with van der Waals surface area (Å²) in [6, 6.07) is 1.34. The first-order valence-corrected chi connectivity index (χ1v) is 6.52. The fraction of sp³-hybridized carbons (Fsp3) is 0.583. The van der Waals surface area contributed by atoms with Crippen LogP contribution in [0.3, 0.4) is 0 Å². The minimum atomic E-state index is -4.78. The van der Waals surface area contributed by atoms with Gasteiger partial charge in [0.1, 0.15) is 0 Å². The van der Waals surface area contributed by atoms with E-state index in [0.717, 1.165) is 15.3 Å². The molecule has 2 unspecified atom stereocenters. The zero-order chi connectivity index (χ0) is 15.0. The van der Waals surface area contributed by atoms with Crippen molar-refractivity contribution in [1.82, 2.24) is 5.32 Å². The van der Waals surface area contributed by atoms with Gasteiger partial charge in [-0.1, -0.05) is 0 Å². The first-order chi connectivity index (χ1) is 8.46. The predicted molar refractivity (Wildman–Crippen MR) is 69.0 cm³/mol. The molecule has 0 radical (unpaired) electrons. The zero-order valence-electron chi connectivity index (χ0n) is 11.2. The fourth-order valence-corrected chi connectivity index (χ4v) is 2.66. The molecule has 0 spiro atoms. The number of rotatable bonds is 3. The van der Waals surface area contributed by atoms with Crippen LogP contribution in [0.2, 0.25) is 0 Å². The van der Waals surface area contributed by atoms with Crippen LogP contribution in [-0.2, 0) is 4.79 Å². The minimum absolute atomic E-state index is 0.511. The van der Waals surface area contributed by atoms with Crippen LogP contribution in [0.15, 0.2) is 6.07 Å². The first-order valence-electron chi connectivity index (χ1n) is 5.70. The molecular formula is C12H17F3N2OS. The van der Waals surface area contributed by atoms with Crippen LogP contribution in [-0.4, -0.2) is 17.6 Å². The Kier molecular flexibility index (Phi) is 4.31. The summed E-state index contributed by atoms with van der Waals surface area (Å²) in [6.45, 7) is 6.07. The highest BCUT2D eigenvalue weighted by Crippen LogP contribution is 2.30. The van der Waals surface area contributed by atoms with Gasteiger partial charge >= 0.3 is 6.18 Å². The van der Waals surface area contributed by atoms with E-state index in [4.69, 9.17) is 5.73 Å². The van der Waals surface area contributed by atoms with Crippen molar-refractivity contribution in [2.45, 2.75) is 45.5 Å². The number of aryl methyl sites for hydroxylation is 2. The molecule has 1 aromatic rings. The molecule has 1 rings (SSSR count). The minimum Gasteiger partial charge on any atom is -0.348 e. The summed E-state index contributed by atoms with van der Waals surface area (Å²) >= 11 is 1.53. The number of amides is 1. The third kappa shape index (κ3) is 3.27. The van der Waals surface area contributed by atoms with E-state index in [2.05, 4.69) is 5.32 Å². The van der Waals surface area contributed by atoms with Crippen LogP contribution < -0.4 is 11.1 Å². The van der Waals surface area contributed by atoms with Crippen molar-refractivity contribution in [2.24, 2.45) is 5.73 Å². The van der Waals surface area contributed by atoms with E-state index in [-0.39, 0.29) is 0 Å². The Bertz CT molecular complexity index is 480. The Morgan fingerprint density at radius 1 is 1.42 bits per heavy atom. The Labute approximate surface area is 114 Å². The van der Waals surface area contributed by atoms with E-state index in [1.807, 2.05) is 19.9 Å². The van der Waals surface area contributed by atoms with Crippen LogP contribution in [0.4, 0.5) is 13.2 Å². The average molecular weight is 294 g/mol. The van der Waals surface area contributed by atoms with Gasteiger partial charge in [0.25, 0.3) is 0 Å². The maximum atomic E-state index is 12.6. The highest BCUT2D eigenvalue weighted by Gasteiger charge is 2.54. The summed E-state index contributed by atoms with van der Waals surface area (Å²) in [7, 11) is 0. The van der Waals surface area contributed by atoms with Crippen LogP contribution in [0.25, 0.3) is 0 Å². The van der Waals surface area contributed by atoms with Crippen LogP contribution in [0.5, 0.6) is 0 Å². The maximum absolute atomic E-state index is 12.6. The average Bonchev–Trinajstić information content (AvgIpc) is 2.55. The lowest BCUT2D eigenvalue weighted by molar-refractivity contribution is -0.187. The van der Waals surface area contributed by atoms with Crippen molar-refractivity contribution in [3.05, 3.63) is 21.4 Å². The Morgan fingerprint density at radius 3 is 2.32 bits per heavy atom. The lowest BCUT2D eigenvalue weighted by atomic mass is 10.0. The lowest BCUT2D eigenvalue weighted by Crippen LogP contribution is -2.61. The summed E-state index contributed by atoms with van der Waals surface area (Å²) in [5.41, 5.74) is 3.00. The van der Waals surface area contributed by atoms with E-state index >= 15 is 0 Å². The summed E-state index contributed by atoms with van der Waals surface area (Å²) in [5.74, 6) is -1.23. The number of hydrogen-bond donors (Lipinski definition) is 2. The van der Waals surface area contributed by atoms with Gasteiger partial charge in [0.05, 0.1) is 6.04 Å². The second-order valence-corrected chi connectivity index (χ2v) is 6.22. The molecule has 19 heavy (non-hydrogen) atoms. The second kappa shape index (κ2) is 5.13. The molecule has 0 saturated heterocycles. The second-order valence-electron chi connectivity index (χ2n) is 4.76. The Morgan fingerprint density at radius 2 is 1.95 bits per heavy atom. The van der Waals surface area contributed by atoms with Gasteiger partial charge in [-0.3, -0.25) is 4.79 Å². The highest BCUT2D eigenvalue weighted by molar-refractivity contribution is 7.12. The van der Waals surface area contributed by atoms with Crippen LogP contribution >= 0.6 is 11.3 Å². The van der Waals surface area contributed by atoms with Crippen molar-refractivity contribution in [1.29, 1.82) is 0 Å². The summed E-state index contributed by atoms with van der Waals surface area (Å²) in [4.78, 5) is 13.7. The van der Waals surface area contributed by atoms with E-state index in [1.165, 1.54) is 11.3 Å². The Hall–Kier alpha value is -1.08. The van der Waals surface area contributed by atoms with E-state index in [0.29, 0.717) is 6.92 Å². The largest absolute Gasteiger partial charge is 0.415 e. The number of hydrogen-bond acceptors (Lipinski definition) is 3. The van der Waals surface area contributed by atoms with Gasteiger partial charge in [-0.05, 0) is 39.3 Å². The summed E-state index contributed by atoms with van der Waals surface area (Å²) in [5, 5.41) is 2.32. The van der Waals surface area contributed by atoms with Gasteiger partial charge in [0.15, 0.2) is 5.54 Å². The molecule has 3 N–H and O–H groups in total. The van der Waals surface area contributed by atoms with Crippen molar-refractivity contribution in [2.75, 3.05) is 0 Å². The zero-order valence-corrected chi connectivity index (χ0v) is 12.0. The molecule has 0 aliphatic carbocycles. The molecule has 0 bridgehead atoms. The first kappa shape index (κ1) is 16.0. The number of carbonyl (C=O) groups excluding carboxylic acids is 1. The predicted octanol–water partition coefficient (Wildman–Crippen LogP) is 2.82. The van der Waals surface area contributed by atoms with E-state index in [1.54, 1.807) is 6.92 Å². The quantitative estimate of drug-likeness (QED) is 0.900. The standard InChI is InChI=1S/C12H17F3N2OS/c1-6-5-9(8(3)19-6)7(2)17-10(18)11(4,16)12(13,14)15/h5,7H,16H2,1-4H3,(H,17,18). The lowest BCUT2D eigenvalue weighted by Gasteiger charge is -2.28. The van der Waals surface area contributed by atoms with Gasteiger partial charge in [-0.2, -0.15) is 13.2 Å². The number of nitrogens with one attached hydrogen (secondary N) is 1. The van der Waals surface area contributed by atoms with Crippen molar-refractivity contribution in [3.8, 4) is 0 Å². The molecule has 1 heterocycles.